The Morgan fingerprint density at radius 3 is 2.79 bits per heavy atom. The predicted octanol–water partition coefficient (Wildman–Crippen LogP) is 2.04. The third-order valence-corrected chi connectivity index (χ3v) is 2.77. The number of phenolic OH excluding ortho intramolecular Hbond substituents is 1. The summed E-state index contributed by atoms with van der Waals surface area (Å²) in [5.41, 5.74) is 0.954. The number of benzene rings is 1. The number of hydrogen-bond donors (Lipinski definition) is 1. The zero-order valence-corrected chi connectivity index (χ0v) is 8.41. The van der Waals surface area contributed by atoms with Crippen LogP contribution in [-0.2, 0) is 10.3 Å². The Hall–Kier alpha value is -1.22. The van der Waals surface area contributed by atoms with Crippen LogP contribution in [0.25, 0.3) is 0 Å². The van der Waals surface area contributed by atoms with Crippen molar-refractivity contribution in [2.45, 2.75) is 18.9 Å². The second-order valence-electron chi connectivity index (χ2n) is 3.52. The second kappa shape index (κ2) is 3.17. The topological polar surface area (TPSA) is 42.0 Å². The van der Waals surface area contributed by atoms with Crippen LogP contribution in [0.1, 0.15) is 18.9 Å². The predicted molar refractivity (Wildman–Crippen MR) is 52.6 cm³/mol. The fourth-order valence-electron chi connectivity index (χ4n) is 1.62. The standard InChI is InChI=1S/C11H14O3/c1-3-11(7-14-11)8-4-5-9(12)10(6-8)13-2/h4-6,12H,3,7H2,1-2H3. The lowest BCUT2D eigenvalue weighted by Gasteiger charge is -2.11. The highest BCUT2D eigenvalue weighted by Gasteiger charge is 2.44. The van der Waals surface area contributed by atoms with Crippen LogP contribution in [0.5, 0.6) is 11.5 Å². The van der Waals surface area contributed by atoms with Gasteiger partial charge in [-0.25, -0.2) is 0 Å². The molecular formula is C11H14O3. The van der Waals surface area contributed by atoms with Gasteiger partial charge in [-0.2, -0.15) is 0 Å². The van der Waals surface area contributed by atoms with E-state index >= 15 is 0 Å². The van der Waals surface area contributed by atoms with E-state index in [1.54, 1.807) is 13.2 Å². The third kappa shape index (κ3) is 1.34. The first-order valence-corrected chi connectivity index (χ1v) is 4.73. The summed E-state index contributed by atoms with van der Waals surface area (Å²) in [6, 6.07) is 5.37. The van der Waals surface area contributed by atoms with Crippen molar-refractivity contribution < 1.29 is 14.6 Å². The number of aromatic hydroxyl groups is 1. The van der Waals surface area contributed by atoms with Crippen LogP contribution in [0.15, 0.2) is 18.2 Å². The highest BCUT2D eigenvalue weighted by molar-refractivity contribution is 5.44. The Kier molecular flexibility index (Phi) is 2.11. The van der Waals surface area contributed by atoms with E-state index in [0.29, 0.717) is 5.75 Å². The second-order valence-corrected chi connectivity index (χ2v) is 3.52. The van der Waals surface area contributed by atoms with Crippen LogP contribution in [0.2, 0.25) is 0 Å². The smallest absolute Gasteiger partial charge is 0.160 e. The number of ether oxygens (including phenoxy) is 2. The van der Waals surface area contributed by atoms with E-state index in [-0.39, 0.29) is 11.4 Å². The molecule has 1 atom stereocenters. The highest BCUT2D eigenvalue weighted by atomic mass is 16.6. The van der Waals surface area contributed by atoms with Gasteiger partial charge in [0.2, 0.25) is 0 Å². The SMILES string of the molecule is CCC1(c2ccc(O)c(OC)c2)CO1. The summed E-state index contributed by atoms with van der Waals surface area (Å²) in [7, 11) is 1.55. The van der Waals surface area contributed by atoms with Gasteiger partial charge in [0.25, 0.3) is 0 Å². The van der Waals surface area contributed by atoms with Gasteiger partial charge in [-0.1, -0.05) is 13.0 Å². The summed E-state index contributed by atoms with van der Waals surface area (Å²) in [5.74, 6) is 0.675. The molecule has 1 aliphatic heterocycles. The minimum atomic E-state index is -0.124. The Bertz CT molecular complexity index is 342. The van der Waals surface area contributed by atoms with Crippen molar-refractivity contribution in [3.63, 3.8) is 0 Å². The molecule has 14 heavy (non-hydrogen) atoms. The van der Waals surface area contributed by atoms with E-state index in [1.807, 2.05) is 12.1 Å². The van der Waals surface area contributed by atoms with Crippen molar-refractivity contribution >= 4 is 0 Å². The zero-order valence-electron chi connectivity index (χ0n) is 8.41. The third-order valence-electron chi connectivity index (χ3n) is 2.77. The van der Waals surface area contributed by atoms with Crippen LogP contribution in [0, 0.1) is 0 Å². The minimum Gasteiger partial charge on any atom is -0.504 e. The van der Waals surface area contributed by atoms with Crippen molar-refractivity contribution in [1.82, 2.24) is 0 Å². The van der Waals surface area contributed by atoms with Gasteiger partial charge >= 0.3 is 0 Å². The molecule has 0 aromatic heterocycles. The summed E-state index contributed by atoms with van der Waals surface area (Å²) in [4.78, 5) is 0. The van der Waals surface area contributed by atoms with Gasteiger partial charge in [0.05, 0.1) is 13.7 Å². The molecule has 0 bridgehead atoms. The molecule has 0 saturated carbocycles. The van der Waals surface area contributed by atoms with Crippen LogP contribution in [-0.4, -0.2) is 18.8 Å². The lowest BCUT2D eigenvalue weighted by molar-refractivity contribution is 0.299. The van der Waals surface area contributed by atoms with Gasteiger partial charge in [0, 0.05) is 0 Å². The fourth-order valence-corrected chi connectivity index (χ4v) is 1.62. The van der Waals surface area contributed by atoms with Crippen LogP contribution in [0.3, 0.4) is 0 Å². The number of phenols is 1. The largest absolute Gasteiger partial charge is 0.504 e. The summed E-state index contributed by atoms with van der Waals surface area (Å²) in [6.07, 6.45) is 0.945. The van der Waals surface area contributed by atoms with Crippen LogP contribution < -0.4 is 4.74 Å². The molecule has 1 aliphatic rings. The molecule has 1 heterocycles. The summed E-state index contributed by atoms with van der Waals surface area (Å²) >= 11 is 0. The molecule has 1 saturated heterocycles. The van der Waals surface area contributed by atoms with Gasteiger partial charge in [-0.3, -0.25) is 0 Å². The van der Waals surface area contributed by atoms with E-state index < -0.39 is 0 Å². The van der Waals surface area contributed by atoms with E-state index in [1.165, 1.54) is 0 Å². The van der Waals surface area contributed by atoms with Crippen molar-refractivity contribution in [2.75, 3.05) is 13.7 Å². The number of hydrogen-bond acceptors (Lipinski definition) is 3. The molecule has 0 radical (unpaired) electrons. The van der Waals surface area contributed by atoms with Crippen molar-refractivity contribution in [3.05, 3.63) is 23.8 Å². The molecule has 0 aliphatic carbocycles. The van der Waals surface area contributed by atoms with Crippen molar-refractivity contribution in [3.8, 4) is 11.5 Å². The van der Waals surface area contributed by atoms with Gasteiger partial charge in [0.1, 0.15) is 5.60 Å². The van der Waals surface area contributed by atoms with Crippen LogP contribution in [0.4, 0.5) is 0 Å². The first kappa shape index (κ1) is 9.34. The van der Waals surface area contributed by atoms with E-state index in [2.05, 4.69) is 6.92 Å². The molecule has 1 N–H and O–H groups in total. The van der Waals surface area contributed by atoms with Gasteiger partial charge < -0.3 is 14.6 Å². The van der Waals surface area contributed by atoms with E-state index in [9.17, 15) is 5.11 Å². The van der Waals surface area contributed by atoms with Crippen molar-refractivity contribution in [2.24, 2.45) is 0 Å². The molecular weight excluding hydrogens is 180 g/mol. The minimum absolute atomic E-state index is 0.124. The summed E-state index contributed by atoms with van der Waals surface area (Å²) in [5, 5.41) is 9.43. The first-order chi connectivity index (χ1) is 6.72. The van der Waals surface area contributed by atoms with E-state index in [4.69, 9.17) is 9.47 Å². The molecule has 76 valence electrons. The Morgan fingerprint density at radius 1 is 1.57 bits per heavy atom. The summed E-state index contributed by atoms with van der Waals surface area (Å²) < 4.78 is 10.5. The average molecular weight is 194 g/mol. The summed E-state index contributed by atoms with van der Waals surface area (Å²) in [6.45, 7) is 2.85. The molecule has 1 unspecified atom stereocenters. The number of methoxy groups -OCH3 is 1. The Morgan fingerprint density at radius 2 is 2.29 bits per heavy atom. The van der Waals surface area contributed by atoms with E-state index in [0.717, 1.165) is 18.6 Å². The highest BCUT2D eigenvalue weighted by Crippen LogP contribution is 2.44. The monoisotopic (exact) mass is 194 g/mol. The molecule has 3 nitrogen and oxygen atoms in total. The van der Waals surface area contributed by atoms with Gasteiger partial charge in [-0.15, -0.1) is 0 Å². The Balaban J connectivity index is 2.36. The molecule has 1 aromatic carbocycles. The number of epoxide rings is 1. The number of rotatable bonds is 3. The Labute approximate surface area is 83.3 Å². The maximum atomic E-state index is 9.43. The molecule has 0 spiro atoms. The van der Waals surface area contributed by atoms with Gasteiger partial charge in [-0.05, 0) is 24.1 Å². The molecule has 0 amide bonds. The lowest BCUT2D eigenvalue weighted by atomic mass is 9.97. The molecule has 1 fully saturated rings. The quantitative estimate of drug-likeness (QED) is 0.748. The normalized spacial score (nSPS) is 24.7. The maximum Gasteiger partial charge on any atom is 0.160 e. The van der Waals surface area contributed by atoms with Crippen LogP contribution >= 0.6 is 0 Å². The van der Waals surface area contributed by atoms with Gasteiger partial charge in [0.15, 0.2) is 11.5 Å². The maximum absolute atomic E-state index is 9.43. The van der Waals surface area contributed by atoms with Crippen molar-refractivity contribution in [1.29, 1.82) is 0 Å². The zero-order chi connectivity index (χ0) is 10.2. The lowest BCUT2D eigenvalue weighted by Crippen LogP contribution is -2.06. The molecule has 1 aromatic rings. The molecule has 2 rings (SSSR count). The molecule has 3 heteroatoms. The first-order valence-electron chi connectivity index (χ1n) is 4.73. The average Bonchev–Trinajstić information content (AvgIpc) is 2.99. The fraction of sp³-hybridized carbons (Fsp3) is 0.455.